The van der Waals surface area contributed by atoms with E-state index in [9.17, 15) is 9.90 Å². The van der Waals surface area contributed by atoms with Crippen molar-refractivity contribution in [1.82, 2.24) is 14.9 Å². The highest BCUT2D eigenvalue weighted by molar-refractivity contribution is 5.94. The minimum atomic E-state index is -0.150. The molecule has 3 aromatic rings. The first kappa shape index (κ1) is 21.6. The van der Waals surface area contributed by atoms with Crippen LogP contribution in [0.25, 0.3) is 16.9 Å². The zero-order chi connectivity index (χ0) is 22.7. The highest BCUT2D eigenvalue weighted by Crippen LogP contribution is 2.34. The second-order valence-electron chi connectivity index (χ2n) is 8.20. The maximum absolute atomic E-state index is 12.7. The maximum atomic E-state index is 12.7. The Bertz CT molecular complexity index is 1160. The zero-order valence-electron chi connectivity index (χ0n) is 18.2. The number of rotatable bonds is 6. The van der Waals surface area contributed by atoms with E-state index in [1.807, 2.05) is 19.1 Å². The van der Waals surface area contributed by atoms with Crippen LogP contribution in [0.4, 0.5) is 0 Å². The molecule has 1 aromatic carbocycles. The number of hydrogen-bond donors (Lipinski definition) is 2. The van der Waals surface area contributed by atoms with Gasteiger partial charge in [-0.2, -0.15) is 5.26 Å². The van der Waals surface area contributed by atoms with E-state index in [0.29, 0.717) is 35.0 Å². The molecule has 1 aliphatic carbocycles. The van der Waals surface area contributed by atoms with Crippen LogP contribution in [0.2, 0.25) is 0 Å². The quantitative estimate of drug-likeness (QED) is 0.616. The molecule has 1 fully saturated rings. The van der Waals surface area contributed by atoms with E-state index in [2.05, 4.69) is 16.4 Å². The molecule has 0 radical (unpaired) electrons. The van der Waals surface area contributed by atoms with Crippen molar-refractivity contribution in [3.05, 3.63) is 65.5 Å². The molecule has 1 saturated carbocycles. The lowest BCUT2D eigenvalue weighted by Crippen LogP contribution is -2.38. The molecule has 164 valence electrons. The molecular formula is C25H26N4O3. The van der Waals surface area contributed by atoms with Gasteiger partial charge in [0.2, 0.25) is 5.88 Å². The fraction of sp³-hybridized carbons (Fsp3) is 0.320. The molecule has 0 unspecified atom stereocenters. The zero-order valence-corrected chi connectivity index (χ0v) is 18.2. The van der Waals surface area contributed by atoms with Crippen LogP contribution in [-0.2, 0) is 4.74 Å². The minimum absolute atomic E-state index is 0.0517. The van der Waals surface area contributed by atoms with E-state index in [4.69, 9.17) is 10.00 Å². The fourth-order valence-corrected chi connectivity index (χ4v) is 4.41. The molecule has 1 aliphatic rings. The number of nitriles is 1. The third kappa shape index (κ3) is 4.23. The topological polar surface area (TPSA) is 100 Å². The van der Waals surface area contributed by atoms with E-state index in [-0.39, 0.29) is 17.8 Å². The second kappa shape index (κ2) is 9.25. The van der Waals surface area contributed by atoms with Crippen LogP contribution in [0.1, 0.15) is 40.7 Å². The van der Waals surface area contributed by atoms with Gasteiger partial charge in [-0.25, -0.2) is 4.98 Å². The molecule has 2 atom stereocenters. The number of nitrogens with one attached hydrogen (secondary N) is 1. The first-order valence-electron chi connectivity index (χ1n) is 10.7. The summed E-state index contributed by atoms with van der Waals surface area (Å²) in [5.41, 5.74) is 3.45. The van der Waals surface area contributed by atoms with Gasteiger partial charge in [0.25, 0.3) is 5.91 Å². The van der Waals surface area contributed by atoms with Crippen LogP contribution in [0.5, 0.6) is 5.88 Å². The summed E-state index contributed by atoms with van der Waals surface area (Å²) < 4.78 is 6.84. The minimum Gasteiger partial charge on any atom is -0.494 e. The molecule has 0 spiro atoms. The van der Waals surface area contributed by atoms with Crippen molar-refractivity contribution in [3.8, 4) is 28.9 Å². The Balaban J connectivity index is 1.51. The molecule has 0 saturated heterocycles. The van der Waals surface area contributed by atoms with Crippen molar-refractivity contribution in [3.63, 3.8) is 0 Å². The Morgan fingerprint density at radius 1 is 1.28 bits per heavy atom. The highest BCUT2D eigenvalue weighted by Gasteiger charge is 2.28. The van der Waals surface area contributed by atoms with E-state index in [0.717, 1.165) is 30.4 Å². The van der Waals surface area contributed by atoms with Gasteiger partial charge in [-0.3, -0.25) is 9.36 Å². The monoisotopic (exact) mass is 430 g/mol. The Morgan fingerprint density at radius 3 is 2.81 bits per heavy atom. The summed E-state index contributed by atoms with van der Waals surface area (Å²) in [6.45, 7) is 2.55. The number of aryl methyl sites for hydroxylation is 1. The van der Waals surface area contributed by atoms with Crippen molar-refractivity contribution in [2.45, 2.75) is 32.2 Å². The SMILES string of the molecule is COC[C@H]1CCC[C@H]1NC(=O)c1ccc(-n2ccc(-c3ccc(C#N)cc3C)c2O)nc1. The summed E-state index contributed by atoms with van der Waals surface area (Å²) in [6.07, 6.45) is 6.36. The van der Waals surface area contributed by atoms with E-state index >= 15 is 0 Å². The molecule has 2 heterocycles. The van der Waals surface area contributed by atoms with Crippen molar-refractivity contribution >= 4 is 5.91 Å². The molecule has 7 heteroatoms. The predicted octanol–water partition coefficient (Wildman–Crippen LogP) is 3.97. The van der Waals surface area contributed by atoms with Crippen molar-refractivity contribution in [2.24, 2.45) is 5.92 Å². The number of aromatic hydroxyl groups is 1. The molecule has 4 rings (SSSR count). The maximum Gasteiger partial charge on any atom is 0.253 e. The number of amides is 1. The molecule has 32 heavy (non-hydrogen) atoms. The van der Waals surface area contributed by atoms with Gasteiger partial charge in [-0.1, -0.05) is 12.5 Å². The molecule has 1 amide bonds. The van der Waals surface area contributed by atoms with Gasteiger partial charge in [0, 0.05) is 37.0 Å². The van der Waals surface area contributed by atoms with Gasteiger partial charge in [0.1, 0.15) is 5.82 Å². The van der Waals surface area contributed by atoms with E-state index < -0.39 is 0 Å². The summed E-state index contributed by atoms with van der Waals surface area (Å²) in [5, 5.41) is 23.0. The summed E-state index contributed by atoms with van der Waals surface area (Å²) in [5.74, 6) is 0.755. The number of pyridine rings is 1. The Morgan fingerprint density at radius 2 is 2.12 bits per heavy atom. The van der Waals surface area contributed by atoms with Gasteiger partial charge >= 0.3 is 0 Å². The molecular weight excluding hydrogens is 404 g/mol. The van der Waals surface area contributed by atoms with Crippen molar-refractivity contribution < 1.29 is 14.6 Å². The van der Waals surface area contributed by atoms with E-state index in [1.54, 1.807) is 42.1 Å². The lowest BCUT2D eigenvalue weighted by Gasteiger charge is -2.20. The first-order valence-corrected chi connectivity index (χ1v) is 10.7. The summed E-state index contributed by atoms with van der Waals surface area (Å²) in [4.78, 5) is 17.1. The normalized spacial score (nSPS) is 17.8. The van der Waals surface area contributed by atoms with Crippen molar-refractivity contribution in [1.29, 1.82) is 5.26 Å². The molecule has 2 N–H and O–H groups in total. The van der Waals surface area contributed by atoms with Gasteiger partial charge in [0.15, 0.2) is 0 Å². The van der Waals surface area contributed by atoms with Crippen LogP contribution in [0.3, 0.4) is 0 Å². The average molecular weight is 431 g/mol. The molecule has 2 aromatic heterocycles. The predicted molar refractivity (Wildman–Crippen MR) is 121 cm³/mol. The fourth-order valence-electron chi connectivity index (χ4n) is 4.41. The van der Waals surface area contributed by atoms with Gasteiger partial charge in [0.05, 0.1) is 23.8 Å². The number of aromatic nitrogens is 2. The van der Waals surface area contributed by atoms with Crippen molar-refractivity contribution in [2.75, 3.05) is 13.7 Å². The average Bonchev–Trinajstić information content (AvgIpc) is 3.40. The van der Waals surface area contributed by atoms with Crippen LogP contribution in [-0.4, -0.2) is 40.3 Å². The third-order valence-electron chi connectivity index (χ3n) is 6.12. The van der Waals surface area contributed by atoms with Crippen LogP contribution in [0.15, 0.2) is 48.8 Å². The van der Waals surface area contributed by atoms with Crippen LogP contribution >= 0.6 is 0 Å². The number of benzene rings is 1. The molecule has 0 bridgehead atoms. The summed E-state index contributed by atoms with van der Waals surface area (Å²) >= 11 is 0. The number of methoxy groups -OCH3 is 1. The van der Waals surface area contributed by atoms with Crippen LogP contribution in [0, 0.1) is 24.2 Å². The number of carbonyl (C=O) groups is 1. The van der Waals surface area contributed by atoms with Gasteiger partial charge < -0.3 is 15.2 Å². The third-order valence-corrected chi connectivity index (χ3v) is 6.12. The number of carbonyl (C=O) groups excluding carboxylic acids is 1. The Hall–Kier alpha value is -3.63. The lowest BCUT2D eigenvalue weighted by atomic mass is 10.0. The van der Waals surface area contributed by atoms with Gasteiger partial charge in [-0.05, 0) is 61.2 Å². The molecule has 0 aliphatic heterocycles. The number of ether oxygens (including phenoxy) is 1. The summed E-state index contributed by atoms with van der Waals surface area (Å²) in [7, 11) is 1.69. The smallest absolute Gasteiger partial charge is 0.253 e. The molecule has 7 nitrogen and oxygen atoms in total. The van der Waals surface area contributed by atoms with E-state index in [1.165, 1.54) is 6.20 Å². The summed E-state index contributed by atoms with van der Waals surface area (Å²) in [6, 6.07) is 12.8. The largest absolute Gasteiger partial charge is 0.494 e. The Kier molecular flexibility index (Phi) is 6.24. The number of nitrogens with zero attached hydrogens (tertiary/aromatic N) is 3. The lowest BCUT2D eigenvalue weighted by molar-refractivity contribution is 0.0898. The first-order chi connectivity index (χ1) is 15.5. The van der Waals surface area contributed by atoms with Gasteiger partial charge in [-0.15, -0.1) is 0 Å². The second-order valence-corrected chi connectivity index (χ2v) is 8.20. The highest BCUT2D eigenvalue weighted by atomic mass is 16.5. The Labute approximate surface area is 187 Å². The number of hydrogen-bond acceptors (Lipinski definition) is 5. The standard InChI is InChI=1S/C25H26N4O3/c1-16-12-17(13-26)6-8-20(16)21-10-11-29(25(21)31)23-9-7-18(14-27-23)24(30)28-22-5-3-4-19(22)15-32-2/h6-12,14,19,22,31H,3-5,15H2,1-2H3,(H,28,30)/t19-,22-/m1/s1. The van der Waals surface area contributed by atoms with Crippen LogP contribution < -0.4 is 5.32 Å².